The van der Waals surface area contributed by atoms with Crippen molar-refractivity contribution in [1.82, 2.24) is 10.2 Å². The van der Waals surface area contributed by atoms with E-state index in [0.29, 0.717) is 25.6 Å². The molecule has 6 heteroatoms. The van der Waals surface area contributed by atoms with Gasteiger partial charge in [0.1, 0.15) is 11.8 Å². The lowest BCUT2D eigenvalue weighted by Crippen LogP contribution is -2.42. The Balaban J connectivity index is 1.90. The highest BCUT2D eigenvalue weighted by molar-refractivity contribution is 5.73. The predicted octanol–water partition coefficient (Wildman–Crippen LogP) is 1.89. The summed E-state index contributed by atoms with van der Waals surface area (Å²) in [6.45, 7) is 5.30. The van der Waals surface area contributed by atoms with Crippen molar-refractivity contribution in [2.75, 3.05) is 19.7 Å². The van der Waals surface area contributed by atoms with Gasteiger partial charge in [-0.05, 0) is 43.4 Å². The number of hydrogen-bond donors (Lipinski definition) is 2. The summed E-state index contributed by atoms with van der Waals surface area (Å²) >= 11 is 0. The molecule has 1 aliphatic carbocycles. The average Bonchev–Trinajstić information content (AvgIpc) is 3.36. The summed E-state index contributed by atoms with van der Waals surface area (Å²) in [5, 5.41) is 12.0. The van der Waals surface area contributed by atoms with E-state index in [2.05, 4.69) is 5.32 Å². The molecule has 1 aromatic carbocycles. The standard InChI is InChI=1S/C18H26N2O4/c1-13(18(22)23)20(10-9-19-14(2)21)11-15-5-7-17(8-6-15)24-12-16-3-4-16/h5-8,13,16H,3-4,9-12H2,1-2H3,(H,19,21)(H,22,23). The highest BCUT2D eigenvalue weighted by Gasteiger charge is 2.22. The Morgan fingerprint density at radius 2 is 2.00 bits per heavy atom. The number of nitrogens with one attached hydrogen (secondary N) is 1. The maximum atomic E-state index is 11.3. The number of amides is 1. The van der Waals surface area contributed by atoms with Crippen molar-refractivity contribution < 1.29 is 19.4 Å². The number of carboxylic acid groups (broad SMARTS) is 1. The van der Waals surface area contributed by atoms with Gasteiger partial charge in [0.05, 0.1) is 6.61 Å². The van der Waals surface area contributed by atoms with E-state index in [1.807, 2.05) is 29.2 Å². The molecule has 2 rings (SSSR count). The number of hydrogen-bond acceptors (Lipinski definition) is 4. The van der Waals surface area contributed by atoms with Crippen molar-refractivity contribution in [3.63, 3.8) is 0 Å². The van der Waals surface area contributed by atoms with Gasteiger partial charge in [-0.15, -0.1) is 0 Å². The Hall–Kier alpha value is -2.08. The molecule has 1 fully saturated rings. The maximum Gasteiger partial charge on any atom is 0.320 e. The zero-order valence-electron chi connectivity index (χ0n) is 14.3. The van der Waals surface area contributed by atoms with Crippen LogP contribution in [-0.4, -0.2) is 47.6 Å². The van der Waals surface area contributed by atoms with Crippen LogP contribution in [0.1, 0.15) is 32.3 Å². The molecule has 0 aromatic heterocycles. The van der Waals surface area contributed by atoms with E-state index < -0.39 is 12.0 Å². The van der Waals surface area contributed by atoms with E-state index in [4.69, 9.17) is 4.74 Å². The van der Waals surface area contributed by atoms with Crippen LogP contribution in [0.15, 0.2) is 24.3 Å². The van der Waals surface area contributed by atoms with Crippen LogP contribution < -0.4 is 10.1 Å². The van der Waals surface area contributed by atoms with Gasteiger partial charge in [0.15, 0.2) is 0 Å². The Labute approximate surface area is 142 Å². The second-order valence-electron chi connectivity index (χ2n) is 6.37. The quantitative estimate of drug-likeness (QED) is 0.683. The monoisotopic (exact) mass is 334 g/mol. The summed E-state index contributed by atoms with van der Waals surface area (Å²) in [4.78, 5) is 24.1. The molecule has 1 saturated carbocycles. The number of carbonyl (C=O) groups excluding carboxylic acids is 1. The van der Waals surface area contributed by atoms with Crippen LogP contribution in [0.25, 0.3) is 0 Å². The summed E-state index contributed by atoms with van der Waals surface area (Å²) in [6.07, 6.45) is 2.52. The summed E-state index contributed by atoms with van der Waals surface area (Å²) in [7, 11) is 0. The Morgan fingerprint density at radius 1 is 1.33 bits per heavy atom. The first-order valence-electron chi connectivity index (χ1n) is 8.38. The van der Waals surface area contributed by atoms with Crippen molar-refractivity contribution in [2.45, 2.75) is 39.3 Å². The second-order valence-corrected chi connectivity index (χ2v) is 6.37. The minimum atomic E-state index is -0.873. The molecule has 132 valence electrons. The molecule has 0 spiro atoms. The molecular weight excluding hydrogens is 308 g/mol. The lowest BCUT2D eigenvalue weighted by atomic mass is 10.1. The number of carbonyl (C=O) groups is 2. The number of benzene rings is 1. The summed E-state index contributed by atoms with van der Waals surface area (Å²) in [5.74, 6) is 0.574. The van der Waals surface area contributed by atoms with Crippen LogP contribution in [0.2, 0.25) is 0 Å². The molecule has 1 aliphatic rings. The van der Waals surface area contributed by atoms with E-state index in [-0.39, 0.29) is 5.91 Å². The van der Waals surface area contributed by atoms with Gasteiger partial charge in [0.2, 0.25) is 5.91 Å². The van der Waals surface area contributed by atoms with E-state index in [1.165, 1.54) is 19.8 Å². The van der Waals surface area contributed by atoms with E-state index >= 15 is 0 Å². The zero-order valence-corrected chi connectivity index (χ0v) is 14.3. The molecule has 1 unspecified atom stereocenters. The fourth-order valence-electron chi connectivity index (χ4n) is 2.37. The molecule has 0 heterocycles. The third-order valence-corrected chi connectivity index (χ3v) is 4.17. The molecule has 1 atom stereocenters. The van der Waals surface area contributed by atoms with Crippen molar-refractivity contribution in [1.29, 1.82) is 0 Å². The number of carboxylic acids is 1. The largest absolute Gasteiger partial charge is 0.493 e. The summed E-state index contributed by atoms with van der Waals surface area (Å²) in [5.41, 5.74) is 1.02. The molecule has 6 nitrogen and oxygen atoms in total. The van der Waals surface area contributed by atoms with E-state index in [9.17, 15) is 14.7 Å². The van der Waals surface area contributed by atoms with Crippen molar-refractivity contribution in [3.8, 4) is 5.75 Å². The molecular formula is C18H26N2O4. The Morgan fingerprint density at radius 3 is 2.54 bits per heavy atom. The van der Waals surface area contributed by atoms with Crippen LogP contribution in [0.4, 0.5) is 0 Å². The predicted molar refractivity (Wildman–Crippen MR) is 90.9 cm³/mol. The highest BCUT2D eigenvalue weighted by atomic mass is 16.5. The number of aliphatic carboxylic acids is 1. The first-order chi connectivity index (χ1) is 11.5. The van der Waals surface area contributed by atoms with Crippen molar-refractivity contribution >= 4 is 11.9 Å². The molecule has 0 aliphatic heterocycles. The molecule has 1 aromatic rings. The zero-order chi connectivity index (χ0) is 17.5. The topological polar surface area (TPSA) is 78.9 Å². The van der Waals surface area contributed by atoms with Crippen LogP contribution in [0.5, 0.6) is 5.75 Å². The van der Waals surface area contributed by atoms with Gasteiger partial charge in [0.25, 0.3) is 0 Å². The van der Waals surface area contributed by atoms with Gasteiger partial charge >= 0.3 is 5.97 Å². The van der Waals surface area contributed by atoms with Crippen LogP contribution in [0.3, 0.4) is 0 Å². The fraction of sp³-hybridized carbons (Fsp3) is 0.556. The van der Waals surface area contributed by atoms with Gasteiger partial charge in [-0.3, -0.25) is 14.5 Å². The van der Waals surface area contributed by atoms with E-state index in [1.54, 1.807) is 6.92 Å². The van der Waals surface area contributed by atoms with Gasteiger partial charge in [-0.25, -0.2) is 0 Å². The lowest BCUT2D eigenvalue weighted by molar-refractivity contribution is -0.142. The second kappa shape index (κ2) is 8.68. The Kier molecular flexibility index (Phi) is 6.61. The third kappa shape index (κ3) is 6.20. The minimum absolute atomic E-state index is 0.116. The van der Waals surface area contributed by atoms with Gasteiger partial charge in [-0.2, -0.15) is 0 Å². The average molecular weight is 334 g/mol. The number of ether oxygens (including phenoxy) is 1. The number of rotatable bonds is 10. The smallest absolute Gasteiger partial charge is 0.320 e. The summed E-state index contributed by atoms with van der Waals surface area (Å²) in [6, 6.07) is 7.15. The van der Waals surface area contributed by atoms with Gasteiger partial charge in [-0.1, -0.05) is 12.1 Å². The van der Waals surface area contributed by atoms with Crippen molar-refractivity contribution in [2.24, 2.45) is 5.92 Å². The van der Waals surface area contributed by atoms with Gasteiger partial charge < -0.3 is 15.2 Å². The van der Waals surface area contributed by atoms with Crippen LogP contribution in [0, 0.1) is 5.92 Å². The van der Waals surface area contributed by atoms with Crippen LogP contribution >= 0.6 is 0 Å². The van der Waals surface area contributed by atoms with E-state index in [0.717, 1.165) is 17.9 Å². The fourth-order valence-corrected chi connectivity index (χ4v) is 2.37. The summed E-state index contributed by atoms with van der Waals surface area (Å²) < 4.78 is 5.71. The first kappa shape index (κ1) is 18.3. The Bertz CT molecular complexity index is 555. The van der Waals surface area contributed by atoms with Gasteiger partial charge in [0, 0.05) is 26.6 Å². The van der Waals surface area contributed by atoms with Crippen molar-refractivity contribution in [3.05, 3.63) is 29.8 Å². The molecule has 24 heavy (non-hydrogen) atoms. The highest BCUT2D eigenvalue weighted by Crippen LogP contribution is 2.29. The lowest BCUT2D eigenvalue weighted by Gasteiger charge is -2.26. The molecule has 0 radical (unpaired) electrons. The minimum Gasteiger partial charge on any atom is -0.493 e. The normalized spacial score (nSPS) is 15.1. The molecule has 1 amide bonds. The first-order valence-corrected chi connectivity index (χ1v) is 8.38. The molecule has 0 bridgehead atoms. The SMILES string of the molecule is CC(=O)NCCN(Cc1ccc(OCC2CC2)cc1)C(C)C(=O)O. The molecule has 2 N–H and O–H groups in total. The third-order valence-electron chi connectivity index (χ3n) is 4.17. The maximum absolute atomic E-state index is 11.3. The molecule has 0 saturated heterocycles. The van der Waals surface area contributed by atoms with Crippen LogP contribution in [-0.2, 0) is 16.1 Å². The number of nitrogens with zero attached hydrogens (tertiary/aromatic N) is 1.